The highest BCUT2D eigenvalue weighted by molar-refractivity contribution is 9.10. The summed E-state index contributed by atoms with van der Waals surface area (Å²) in [6, 6.07) is 11.9. The highest BCUT2D eigenvalue weighted by Crippen LogP contribution is 2.25. The standard InChI is InChI=1S/C16H17BrClNOS/c1-11-6-12(9-14(18)7-11)8-13-4-5-15(10-16(13)17)21(20)19(2)3/h4-7,9-10H,8H2,1-3H3. The highest BCUT2D eigenvalue weighted by Gasteiger charge is 2.10. The van der Waals surface area contributed by atoms with Crippen LogP contribution < -0.4 is 0 Å². The summed E-state index contributed by atoms with van der Waals surface area (Å²) in [5, 5.41) is 0.756. The van der Waals surface area contributed by atoms with Crippen molar-refractivity contribution in [2.45, 2.75) is 18.2 Å². The van der Waals surface area contributed by atoms with Crippen LogP contribution in [0, 0.1) is 6.92 Å². The number of aryl methyl sites for hydroxylation is 1. The van der Waals surface area contributed by atoms with Gasteiger partial charge in [0.15, 0.2) is 0 Å². The lowest BCUT2D eigenvalue weighted by Crippen LogP contribution is -2.15. The van der Waals surface area contributed by atoms with E-state index in [0.29, 0.717) is 0 Å². The maximum absolute atomic E-state index is 12.1. The molecule has 0 aliphatic rings. The zero-order chi connectivity index (χ0) is 15.6. The zero-order valence-electron chi connectivity index (χ0n) is 12.2. The minimum atomic E-state index is -1.13. The monoisotopic (exact) mass is 385 g/mol. The van der Waals surface area contributed by atoms with Gasteiger partial charge in [-0.3, -0.25) is 0 Å². The molecule has 2 aromatic rings. The fourth-order valence-electron chi connectivity index (χ4n) is 2.12. The molecule has 1 atom stereocenters. The summed E-state index contributed by atoms with van der Waals surface area (Å²) < 4.78 is 14.7. The third-order valence-electron chi connectivity index (χ3n) is 3.05. The Kier molecular flexibility index (Phi) is 5.60. The average molecular weight is 387 g/mol. The molecule has 0 radical (unpaired) electrons. The first-order valence-electron chi connectivity index (χ1n) is 6.50. The third kappa shape index (κ3) is 4.39. The predicted octanol–water partition coefficient (Wildman–Crippen LogP) is 4.59. The number of benzene rings is 2. The fourth-order valence-corrected chi connectivity index (χ4v) is 3.93. The first-order valence-corrected chi connectivity index (χ1v) is 8.78. The van der Waals surface area contributed by atoms with Crippen LogP contribution in [0.2, 0.25) is 5.02 Å². The van der Waals surface area contributed by atoms with Gasteiger partial charge in [-0.05, 0) is 68.4 Å². The molecule has 112 valence electrons. The number of rotatable bonds is 4. The van der Waals surface area contributed by atoms with Gasteiger partial charge in [-0.15, -0.1) is 0 Å². The molecule has 0 aromatic heterocycles. The van der Waals surface area contributed by atoms with Gasteiger partial charge in [0.1, 0.15) is 11.0 Å². The van der Waals surface area contributed by atoms with Crippen molar-refractivity contribution in [3.05, 3.63) is 62.6 Å². The van der Waals surface area contributed by atoms with E-state index in [0.717, 1.165) is 31.9 Å². The second kappa shape index (κ2) is 7.05. The number of halogens is 2. The largest absolute Gasteiger partial charge is 0.237 e. The maximum Gasteiger partial charge on any atom is 0.127 e. The van der Waals surface area contributed by atoms with Crippen molar-refractivity contribution in [3.63, 3.8) is 0 Å². The Morgan fingerprint density at radius 3 is 2.48 bits per heavy atom. The van der Waals surface area contributed by atoms with E-state index in [1.165, 1.54) is 5.56 Å². The minimum Gasteiger partial charge on any atom is -0.237 e. The van der Waals surface area contributed by atoms with Gasteiger partial charge in [0.2, 0.25) is 0 Å². The van der Waals surface area contributed by atoms with Crippen LogP contribution in [0.5, 0.6) is 0 Å². The second-order valence-corrected chi connectivity index (χ2v) is 8.12. The molecule has 0 aliphatic heterocycles. The van der Waals surface area contributed by atoms with Crippen LogP contribution >= 0.6 is 27.5 Å². The highest BCUT2D eigenvalue weighted by atomic mass is 79.9. The Morgan fingerprint density at radius 1 is 1.19 bits per heavy atom. The summed E-state index contributed by atoms with van der Waals surface area (Å²) in [4.78, 5) is 0.790. The molecule has 2 nitrogen and oxygen atoms in total. The van der Waals surface area contributed by atoms with E-state index in [1.54, 1.807) is 18.4 Å². The molecule has 1 unspecified atom stereocenters. The van der Waals surface area contributed by atoms with Crippen LogP contribution in [0.3, 0.4) is 0 Å². The maximum atomic E-state index is 12.1. The molecule has 0 bridgehead atoms. The van der Waals surface area contributed by atoms with Gasteiger partial charge in [-0.1, -0.05) is 39.7 Å². The Hall–Kier alpha value is -0.680. The van der Waals surface area contributed by atoms with Crippen molar-refractivity contribution in [2.75, 3.05) is 14.1 Å². The fraction of sp³-hybridized carbons (Fsp3) is 0.250. The molecular weight excluding hydrogens is 370 g/mol. The molecule has 5 heteroatoms. The lowest BCUT2D eigenvalue weighted by atomic mass is 10.0. The summed E-state index contributed by atoms with van der Waals surface area (Å²) in [5.74, 6) is 0. The smallest absolute Gasteiger partial charge is 0.127 e. The second-order valence-electron chi connectivity index (χ2n) is 5.13. The SMILES string of the molecule is Cc1cc(Cl)cc(Cc2ccc(S(=O)N(C)C)cc2Br)c1. The molecule has 0 amide bonds. The van der Waals surface area contributed by atoms with E-state index >= 15 is 0 Å². The van der Waals surface area contributed by atoms with Crippen LogP contribution in [0.25, 0.3) is 0 Å². The molecule has 0 fully saturated rings. The number of nitrogens with zero attached hydrogens (tertiary/aromatic N) is 1. The van der Waals surface area contributed by atoms with E-state index in [2.05, 4.69) is 22.0 Å². The van der Waals surface area contributed by atoms with Gasteiger partial charge in [-0.2, -0.15) is 0 Å². The Labute approximate surface area is 141 Å². The van der Waals surface area contributed by atoms with Crippen molar-refractivity contribution >= 4 is 38.5 Å². The van der Waals surface area contributed by atoms with Crippen LogP contribution in [0.4, 0.5) is 0 Å². The Morgan fingerprint density at radius 2 is 1.90 bits per heavy atom. The van der Waals surface area contributed by atoms with Crippen molar-refractivity contribution in [1.29, 1.82) is 0 Å². The molecule has 2 rings (SSSR count). The van der Waals surface area contributed by atoms with E-state index in [-0.39, 0.29) is 0 Å². The van der Waals surface area contributed by atoms with E-state index in [9.17, 15) is 4.21 Å². The van der Waals surface area contributed by atoms with Crippen LogP contribution in [-0.4, -0.2) is 22.6 Å². The molecule has 0 saturated heterocycles. The molecule has 21 heavy (non-hydrogen) atoms. The lowest BCUT2D eigenvalue weighted by molar-refractivity contribution is 0.602. The molecule has 0 spiro atoms. The summed E-state index contributed by atoms with van der Waals surface area (Å²) in [5.41, 5.74) is 3.47. The number of hydrogen-bond acceptors (Lipinski definition) is 1. The molecule has 0 aliphatic carbocycles. The quantitative estimate of drug-likeness (QED) is 0.753. The minimum absolute atomic E-state index is 0.756. The van der Waals surface area contributed by atoms with E-state index in [1.807, 2.05) is 37.3 Å². The topological polar surface area (TPSA) is 20.3 Å². The van der Waals surface area contributed by atoms with E-state index in [4.69, 9.17) is 11.6 Å². The summed E-state index contributed by atoms with van der Waals surface area (Å²) in [6.45, 7) is 2.04. The lowest BCUT2D eigenvalue weighted by Gasteiger charge is -2.12. The Balaban J connectivity index is 2.27. The van der Waals surface area contributed by atoms with Gasteiger partial charge < -0.3 is 0 Å². The van der Waals surface area contributed by atoms with Gasteiger partial charge in [0, 0.05) is 9.50 Å². The van der Waals surface area contributed by atoms with Gasteiger partial charge in [-0.25, -0.2) is 8.51 Å². The van der Waals surface area contributed by atoms with Crippen molar-refractivity contribution in [2.24, 2.45) is 0 Å². The average Bonchev–Trinajstić information content (AvgIpc) is 2.39. The van der Waals surface area contributed by atoms with Crippen molar-refractivity contribution in [3.8, 4) is 0 Å². The first kappa shape index (κ1) is 16.7. The van der Waals surface area contributed by atoms with Crippen LogP contribution in [0.1, 0.15) is 16.7 Å². The van der Waals surface area contributed by atoms with E-state index < -0.39 is 11.0 Å². The molecule has 0 N–H and O–H groups in total. The van der Waals surface area contributed by atoms with Gasteiger partial charge in [0.05, 0.1) is 4.90 Å². The summed E-state index contributed by atoms with van der Waals surface area (Å²) in [7, 11) is 2.47. The molecule has 0 heterocycles. The van der Waals surface area contributed by atoms with Crippen molar-refractivity contribution < 1.29 is 4.21 Å². The van der Waals surface area contributed by atoms with Crippen molar-refractivity contribution in [1.82, 2.24) is 4.31 Å². The third-order valence-corrected chi connectivity index (χ3v) is 5.33. The first-order chi connectivity index (χ1) is 9.86. The van der Waals surface area contributed by atoms with Gasteiger partial charge >= 0.3 is 0 Å². The van der Waals surface area contributed by atoms with Crippen LogP contribution in [-0.2, 0) is 17.4 Å². The molecular formula is C16H17BrClNOS. The summed E-state index contributed by atoms with van der Waals surface area (Å²) in [6.07, 6.45) is 0.789. The molecule has 0 saturated carbocycles. The predicted molar refractivity (Wildman–Crippen MR) is 93.2 cm³/mol. The van der Waals surface area contributed by atoms with Crippen LogP contribution in [0.15, 0.2) is 45.8 Å². The Bertz CT molecular complexity index is 668. The molecule has 2 aromatic carbocycles. The zero-order valence-corrected chi connectivity index (χ0v) is 15.3. The summed E-state index contributed by atoms with van der Waals surface area (Å²) >= 11 is 9.67. The normalized spacial score (nSPS) is 12.7. The number of hydrogen-bond donors (Lipinski definition) is 0. The van der Waals surface area contributed by atoms with Gasteiger partial charge in [0.25, 0.3) is 0 Å².